The van der Waals surface area contributed by atoms with Crippen LogP contribution in [0.5, 0.6) is 0 Å². The topological polar surface area (TPSA) is 320 Å². The fraction of sp³-hybridized carbons (Fsp3) is 0.512. The van der Waals surface area contributed by atoms with E-state index in [9.17, 15) is 43.8 Å². The standard InChI is InChI=1S/C41H59N9O10S2/c1-6-22(2)33(38(58)48-30(19-51)36(56)46-28(34(42)54)16-11-17-45-39(43)44)50-35(55)29(18-32(52)53)47-37(57)31(21-61-62-41(3,4)5)49-40(59)60-20-27-25-14-9-7-12-23(25)24-13-8-10-15-26(24)27/h7-10,12-15,22,27-31,33,51H,6,11,16-21H2,1-5H3,(H2,42,54)(H,46,56)(H,47,57)(H,48,58)(H,49,59)(H,50,55)(H,52,53)(H4,43,44,45)/t22-,28-,29-,30-,31-,33-/m0/s1. The third-order valence-corrected chi connectivity index (χ3v) is 13.1. The number of aliphatic imine (C=N–C) groups is 1. The van der Waals surface area contributed by atoms with Gasteiger partial charge in [-0.1, -0.05) is 111 Å². The summed E-state index contributed by atoms with van der Waals surface area (Å²) in [5, 5.41) is 32.0. The van der Waals surface area contributed by atoms with Gasteiger partial charge < -0.3 is 58.7 Å². The third-order valence-electron chi connectivity index (χ3n) is 9.72. The summed E-state index contributed by atoms with van der Waals surface area (Å²) in [6.07, 6.45) is -1.18. The highest BCUT2D eigenvalue weighted by atomic mass is 33.1. The van der Waals surface area contributed by atoms with Crippen molar-refractivity contribution in [3.05, 3.63) is 59.7 Å². The number of carbonyl (C=O) groups excluding carboxylic acids is 6. The summed E-state index contributed by atoms with van der Waals surface area (Å²) in [5.41, 5.74) is 20.1. The lowest BCUT2D eigenvalue weighted by atomic mass is 9.97. The molecule has 13 N–H and O–H groups in total. The Labute approximate surface area is 368 Å². The van der Waals surface area contributed by atoms with Crippen LogP contribution in [0.15, 0.2) is 53.5 Å². The summed E-state index contributed by atoms with van der Waals surface area (Å²) in [7, 11) is 2.72. The molecule has 2 aromatic rings. The zero-order valence-corrected chi connectivity index (χ0v) is 37.1. The molecule has 340 valence electrons. The number of nitrogens with two attached hydrogens (primary N) is 3. The highest BCUT2D eigenvalue weighted by molar-refractivity contribution is 8.77. The van der Waals surface area contributed by atoms with Crippen molar-refractivity contribution in [1.29, 1.82) is 0 Å². The first kappa shape index (κ1) is 50.8. The smallest absolute Gasteiger partial charge is 0.407 e. The van der Waals surface area contributed by atoms with E-state index in [1.807, 2.05) is 69.3 Å². The minimum atomic E-state index is -1.72. The van der Waals surface area contributed by atoms with Crippen molar-refractivity contribution in [3.8, 4) is 11.1 Å². The van der Waals surface area contributed by atoms with E-state index < -0.39 is 90.8 Å². The van der Waals surface area contributed by atoms with Gasteiger partial charge in [-0.25, -0.2) is 4.79 Å². The molecular formula is C41H59N9O10S2. The van der Waals surface area contributed by atoms with E-state index in [2.05, 4.69) is 31.6 Å². The number of guanidine groups is 1. The van der Waals surface area contributed by atoms with Crippen LogP contribution in [0.3, 0.4) is 0 Å². The number of aliphatic hydroxyl groups is 1. The summed E-state index contributed by atoms with van der Waals surface area (Å²) in [6, 6.07) is 8.40. The second kappa shape index (κ2) is 24.2. The van der Waals surface area contributed by atoms with E-state index >= 15 is 0 Å². The van der Waals surface area contributed by atoms with E-state index in [4.69, 9.17) is 21.9 Å². The van der Waals surface area contributed by atoms with Gasteiger partial charge in [0.2, 0.25) is 29.5 Å². The van der Waals surface area contributed by atoms with Crippen LogP contribution in [0.2, 0.25) is 0 Å². The number of benzene rings is 2. The number of hydrogen-bond acceptors (Lipinski definition) is 12. The number of carboxylic acid groups (broad SMARTS) is 1. The summed E-state index contributed by atoms with van der Waals surface area (Å²) in [6.45, 7) is 8.42. The number of nitrogens with one attached hydrogen (secondary N) is 5. The molecule has 19 nitrogen and oxygen atoms in total. The molecule has 0 bridgehead atoms. The van der Waals surface area contributed by atoms with Crippen molar-refractivity contribution in [2.24, 2.45) is 28.1 Å². The number of amides is 6. The maximum Gasteiger partial charge on any atom is 0.407 e. The predicted octanol–water partition coefficient (Wildman–Crippen LogP) is 1.06. The average Bonchev–Trinajstić information content (AvgIpc) is 3.53. The van der Waals surface area contributed by atoms with Gasteiger partial charge in [0.1, 0.15) is 36.8 Å². The predicted molar refractivity (Wildman–Crippen MR) is 237 cm³/mol. The fourth-order valence-electron chi connectivity index (χ4n) is 6.37. The maximum atomic E-state index is 13.9. The normalized spacial score (nSPS) is 14.9. The highest BCUT2D eigenvalue weighted by Crippen LogP contribution is 2.44. The van der Waals surface area contributed by atoms with Gasteiger partial charge in [0.25, 0.3) is 0 Å². The van der Waals surface area contributed by atoms with Crippen LogP contribution in [-0.4, -0.2) is 118 Å². The lowest BCUT2D eigenvalue weighted by molar-refractivity contribution is -0.141. The van der Waals surface area contributed by atoms with Crippen LogP contribution in [-0.2, 0) is 33.5 Å². The fourth-order valence-corrected chi connectivity index (χ4v) is 8.84. The molecule has 2 aromatic carbocycles. The molecule has 21 heteroatoms. The quantitative estimate of drug-likeness (QED) is 0.0305. The van der Waals surface area contributed by atoms with E-state index in [0.29, 0.717) is 6.42 Å². The monoisotopic (exact) mass is 901 g/mol. The number of carboxylic acids is 1. The Morgan fingerprint density at radius 2 is 1.34 bits per heavy atom. The molecule has 62 heavy (non-hydrogen) atoms. The largest absolute Gasteiger partial charge is 0.481 e. The lowest BCUT2D eigenvalue weighted by Gasteiger charge is -2.28. The van der Waals surface area contributed by atoms with Crippen LogP contribution in [0, 0.1) is 5.92 Å². The van der Waals surface area contributed by atoms with E-state index in [0.717, 1.165) is 22.3 Å². The number of fused-ring (bicyclic) bond motifs is 3. The number of aliphatic carboxylic acids is 1. The highest BCUT2D eigenvalue weighted by Gasteiger charge is 2.36. The first-order chi connectivity index (χ1) is 29.3. The van der Waals surface area contributed by atoms with E-state index in [-0.39, 0.29) is 48.4 Å². The zero-order valence-electron chi connectivity index (χ0n) is 35.5. The Morgan fingerprint density at radius 3 is 1.87 bits per heavy atom. The molecule has 0 spiro atoms. The Balaban J connectivity index is 1.75. The van der Waals surface area contributed by atoms with E-state index in [1.165, 1.54) is 21.6 Å². The van der Waals surface area contributed by atoms with Crippen molar-refractivity contribution >= 4 is 69.1 Å². The molecule has 0 unspecified atom stereocenters. The molecule has 0 saturated carbocycles. The van der Waals surface area contributed by atoms with Crippen molar-refractivity contribution < 1.29 is 48.5 Å². The Kier molecular flexibility index (Phi) is 19.8. The van der Waals surface area contributed by atoms with Gasteiger partial charge in [0.15, 0.2) is 5.96 Å². The molecule has 1 aliphatic rings. The molecule has 0 radical (unpaired) electrons. The van der Waals surface area contributed by atoms with Crippen LogP contribution in [0.1, 0.15) is 77.3 Å². The third kappa shape index (κ3) is 15.7. The molecular weight excluding hydrogens is 843 g/mol. The number of primary amides is 1. The van der Waals surface area contributed by atoms with Gasteiger partial charge in [-0.05, 0) is 41.0 Å². The van der Waals surface area contributed by atoms with Crippen LogP contribution in [0.4, 0.5) is 4.79 Å². The molecule has 6 amide bonds. The van der Waals surface area contributed by atoms with Gasteiger partial charge in [-0.3, -0.25) is 33.8 Å². The summed E-state index contributed by atoms with van der Waals surface area (Å²) >= 11 is 0. The molecule has 0 fully saturated rings. The van der Waals surface area contributed by atoms with Crippen molar-refractivity contribution in [2.45, 2.75) is 101 Å². The van der Waals surface area contributed by atoms with Crippen LogP contribution < -0.4 is 43.8 Å². The number of alkyl carbamates (subject to hydrolysis) is 1. The molecule has 6 atom stereocenters. The van der Waals surface area contributed by atoms with Gasteiger partial charge in [0, 0.05) is 23.0 Å². The number of ether oxygens (including phenoxy) is 1. The summed E-state index contributed by atoms with van der Waals surface area (Å²) in [5.74, 6) is -7.15. The first-order valence-corrected chi connectivity index (χ1v) is 22.4. The number of aliphatic hydroxyl groups excluding tert-OH is 1. The number of nitrogens with zero attached hydrogens (tertiary/aromatic N) is 1. The Morgan fingerprint density at radius 1 is 0.790 bits per heavy atom. The molecule has 1 aliphatic carbocycles. The SMILES string of the molecule is CC[C@H](C)[C@H](NC(=O)[C@H](CC(=O)O)NC(=O)[C@H](CSSC(C)(C)C)NC(=O)OCC1c2ccccc2-c2ccccc21)C(=O)N[C@@H](CO)C(=O)N[C@@H](CCCN=C(N)N)C(N)=O. The Hall–Kier alpha value is -5.54. The zero-order chi connectivity index (χ0) is 46.1. The van der Waals surface area contributed by atoms with Crippen LogP contribution in [0.25, 0.3) is 11.1 Å². The van der Waals surface area contributed by atoms with Crippen molar-refractivity contribution in [1.82, 2.24) is 26.6 Å². The Bertz CT molecular complexity index is 1900. The minimum absolute atomic E-state index is 0.00870. The van der Waals surface area contributed by atoms with Gasteiger partial charge in [-0.15, -0.1) is 0 Å². The van der Waals surface area contributed by atoms with Gasteiger partial charge in [0.05, 0.1) is 13.0 Å². The summed E-state index contributed by atoms with van der Waals surface area (Å²) in [4.78, 5) is 95.5. The van der Waals surface area contributed by atoms with Crippen molar-refractivity contribution in [3.63, 3.8) is 0 Å². The molecule has 0 heterocycles. The molecule has 0 aromatic heterocycles. The molecule has 3 rings (SSSR count). The second-order valence-corrected chi connectivity index (χ2v) is 18.9. The van der Waals surface area contributed by atoms with Crippen LogP contribution >= 0.6 is 21.6 Å². The number of rotatable bonds is 24. The minimum Gasteiger partial charge on any atom is -0.481 e. The number of carbonyl (C=O) groups is 7. The molecule has 0 saturated heterocycles. The number of hydrogen-bond donors (Lipinski definition) is 10. The average molecular weight is 902 g/mol. The van der Waals surface area contributed by atoms with Gasteiger partial charge in [-0.2, -0.15) is 0 Å². The maximum absolute atomic E-state index is 13.9. The molecule has 0 aliphatic heterocycles. The van der Waals surface area contributed by atoms with Crippen molar-refractivity contribution in [2.75, 3.05) is 25.5 Å². The van der Waals surface area contributed by atoms with E-state index in [1.54, 1.807) is 13.8 Å². The lowest BCUT2D eigenvalue weighted by Crippen LogP contribution is -2.61. The summed E-state index contributed by atoms with van der Waals surface area (Å²) < 4.78 is 5.44. The first-order valence-electron chi connectivity index (χ1n) is 20.1. The second-order valence-electron chi connectivity index (χ2n) is 15.7. The van der Waals surface area contributed by atoms with Gasteiger partial charge >= 0.3 is 12.1 Å².